The first-order valence-electron chi connectivity index (χ1n) is 4.24. The summed E-state index contributed by atoms with van der Waals surface area (Å²) >= 11 is 1.70. The van der Waals surface area contributed by atoms with E-state index in [-0.39, 0.29) is 10.6 Å². The molecule has 0 aromatic carbocycles. The molecule has 0 radical (unpaired) electrons. The van der Waals surface area contributed by atoms with Crippen molar-refractivity contribution >= 4 is 11.8 Å². The summed E-state index contributed by atoms with van der Waals surface area (Å²) in [5, 5.41) is 0. The second kappa shape index (κ2) is 3.65. The van der Waals surface area contributed by atoms with Crippen LogP contribution in [0, 0.1) is 0 Å². The van der Waals surface area contributed by atoms with E-state index in [1.807, 2.05) is 19.3 Å². The minimum Gasteiger partial charge on any atom is -0.207 e. The normalized spacial score (nSPS) is 29.7. The summed E-state index contributed by atoms with van der Waals surface area (Å²) in [6.45, 7) is 4.06. The maximum Gasteiger partial charge on any atom is 0.123 e. The Bertz CT molecular complexity index is 230. The van der Waals surface area contributed by atoms with E-state index in [1.165, 1.54) is 0 Å². The SMILES string of the molecule is CCC1=CCC(C)(SC)C=C1F. The van der Waals surface area contributed by atoms with E-state index >= 15 is 0 Å². The van der Waals surface area contributed by atoms with Crippen molar-refractivity contribution in [2.75, 3.05) is 6.26 Å². The maximum absolute atomic E-state index is 13.3. The van der Waals surface area contributed by atoms with Crippen LogP contribution in [0.15, 0.2) is 23.6 Å². The fourth-order valence-electron chi connectivity index (χ4n) is 1.30. The largest absolute Gasteiger partial charge is 0.207 e. The van der Waals surface area contributed by atoms with Gasteiger partial charge in [0.05, 0.1) is 0 Å². The number of thioether (sulfide) groups is 1. The average molecular weight is 186 g/mol. The Balaban J connectivity index is 2.82. The molecular formula is C10H15FS. The smallest absolute Gasteiger partial charge is 0.123 e. The number of allylic oxidation sites excluding steroid dienone is 3. The van der Waals surface area contributed by atoms with Gasteiger partial charge in [-0.2, -0.15) is 11.8 Å². The van der Waals surface area contributed by atoms with Gasteiger partial charge in [-0.15, -0.1) is 0 Å². The summed E-state index contributed by atoms with van der Waals surface area (Å²) in [6.07, 6.45) is 7.54. The van der Waals surface area contributed by atoms with Crippen molar-refractivity contribution in [3.05, 3.63) is 23.6 Å². The summed E-state index contributed by atoms with van der Waals surface area (Å²) in [6, 6.07) is 0. The highest BCUT2D eigenvalue weighted by molar-refractivity contribution is 8.00. The topological polar surface area (TPSA) is 0 Å². The van der Waals surface area contributed by atoms with Crippen LogP contribution in [0.4, 0.5) is 4.39 Å². The molecule has 0 saturated heterocycles. The zero-order chi connectivity index (χ0) is 9.19. The van der Waals surface area contributed by atoms with Crippen LogP contribution in [0.2, 0.25) is 0 Å². The van der Waals surface area contributed by atoms with E-state index in [9.17, 15) is 4.39 Å². The molecule has 68 valence electrons. The minimum atomic E-state index is -0.0272. The van der Waals surface area contributed by atoms with Gasteiger partial charge in [-0.3, -0.25) is 0 Å². The van der Waals surface area contributed by atoms with Crippen LogP contribution in [-0.4, -0.2) is 11.0 Å². The predicted molar refractivity (Wildman–Crippen MR) is 54.1 cm³/mol. The molecule has 0 amide bonds. The monoisotopic (exact) mass is 186 g/mol. The lowest BCUT2D eigenvalue weighted by Gasteiger charge is -2.26. The molecule has 12 heavy (non-hydrogen) atoms. The lowest BCUT2D eigenvalue weighted by Crippen LogP contribution is -2.18. The first-order chi connectivity index (χ1) is 5.61. The first kappa shape index (κ1) is 9.85. The van der Waals surface area contributed by atoms with Gasteiger partial charge in [0.2, 0.25) is 0 Å². The number of rotatable bonds is 2. The quantitative estimate of drug-likeness (QED) is 0.633. The summed E-state index contributed by atoms with van der Waals surface area (Å²) in [5.74, 6) is -0.0272. The second-order valence-electron chi connectivity index (χ2n) is 3.30. The van der Waals surface area contributed by atoms with Gasteiger partial charge in [0, 0.05) is 4.75 Å². The van der Waals surface area contributed by atoms with Crippen LogP contribution in [0.25, 0.3) is 0 Å². The molecule has 2 heteroatoms. The number of hydrogen-bond acceptors (Lipinski definition) is 1. The lowest BCUT2D eigenvalue weighted by molar-refractivity contribution is 0.607. The third kappa shape index (κ3) is 1.92. The van der Waals surface area contributed by atoms with Crippen LogP contribution in [0.1, 0.15) is 26.7 Å². The Kier molecular flexibility index (Phi) is 2.99. The Hall–Kier alpha value is -0.240. The van der Waals surface area contributed by atoms with Crippen LogP contribution in [-0.2, 0) is 0 Å². The Morgan fingerprint density at radius 1 is 1.67 bits per heavy atom. The third-order valence-corrected chi connectivity index (χ3v) is 3.56. The fourth-order valence-corrected chi connectivity index (χ4v) is 1.77. The van der Waals surface area contributed by atoms with Crippen molar-refractivity contribution in [2.24, 2.45) is 0 Å². The van der Waals surface area contributed by atoms with Crippen molar-refractivity contribution in [3.63, 3.8) is 0 Å². The van der Waals surface area contributed by atoms with Gasteiger partial charge in [0.25, 0.3) is 0 Å². The van der Waals surface area contributed by atoms with Gasteiger partial charge in [0.1, 0.15) is 5.83 Å². The average Bonchev–Trinajstić information content (AvgIpc) is 2.05. The van der Waals surface area contributed by atoms with Crippen LogP contribution >= 0.6 is 11.8 Å². The maximum atomic E-state index is 13.3. The molecule has 0 aromatic rings. The third-order valence-electron chi connectivity index (χ3n) is 2.34. The molecule has 0 bridgehead atoms. The Morgan fingerprint density at radius 3 is 2.75 bits per heavy atom. The van der Waals surface area contributed by atoms with E-state index in [4.69, 9.17) is 0 Å². The standard InChI is InChI=1S/C10H15FS/c1-4-8-5-6-10(2,12-3)7-9(8)11/h5,7H,4,6H2,1-3H3. The minimum absolute atomic E-state index is 0.0250. The Labute approximate surface area is 77.9 Å². The lowest BCUT2D eigenvalue weighted by atomic mass is 9.95. The second-order valence-corrected chi connectivity index (χ2v) is 4.64. The zero-order valence-electron chi connectivity index (χ0n) is 7.86. The molecule has 0 nitrogen and oxygen atoms in total. The van der Waals surface area contributed by atoms with Gasteiger partial charge < -0.3 is 0 Å². The van der Waals surface area contributed by atoms with E-state index < -0.39 is 0 Å². The van der Waals surface area contributed by atoms with E-state index in [0.29, 0.717) is 0 Å². The predicted octanol–water partition coefficient (Wildman–Crippen LogP) is 3.70. The summed E-state index contributed by atoms with van der Waals surface area (Å²) < 4.78 is 13.3. The molecule has 0 saturated carbocycles. The zero-order valence-corrected chi connectivity index (χ0v) is 8.67. The highest BCUT2D eigenvalue weighted by Crippen LogP contribution is 2.36. The molecule has 0 fully saturated rings. The van der Waals surface area contributed by atoms with Crippen LogP contribution < -0.4 is 0 Å². The van der Waals surface area contributed by atoms with Gasteiger partial charge >= 0.3 is 0 Å². The first-order valence-corrected chi connectivity index (χ1v) is 5.46. The van der Waals surface area contributed by atoms with E-state index in [1.54, 1.807) is 17.8 Å². The molecule has 1 atom stereocenters. The summed E-state index contributed by atoms with van der Waals surface area (Å²) in [7, 11) is 0. The van der Waals surface area contributed by atoms with Gasteiger partial charge in [-0.05, 0) is 37.7 Å². The highest BCUT2D eigenvalue weighted by Gasteiger charge is 2.24. The van der Waals surface area contributed by atoms with Gasteiger partial charge in [-0.1, -0.05) is 13.0 Å². The molecular weight excluding hydrogens is 171 g/mol. The summed E-state index contributed by atoms with van der Waals surface area (Å²) in [5.41, 5.74) is 0.863. The van der Waals surface area contributed by atoms with Crippen molar-refractivity contribution < 1.29 is 4.39 Å². The van der Waals surface area contributed by atoms with Crippen LogP contribution in [0.5, 0.6) is 0 Å². The molecule has 0 spiro atoms. The van der Waals surface area contributed by atoms with Crippen molar-refractivity contribution in [3.8, 4) is 0 Å². The summed E-state index contributed by atoms with van der Waals surface area (Å²) in [4.78, 5) is 0. The molecule has 0 N–H and O–H groups in total. The fraction of sp³-hybridized carbons (Fsp3) is 0.600. The molecule has 0 heterocycles. The molecule has 1 aliphatic rings. The van der Waals surface area contributed by atoms with Crippen molar-refractivity contribution in [2.45, 2.75) is 31.4 Å². The van der Waals surface area contributed by atoms with Gasteiger partial charge in [-0.25, -0.2) is 4.39 Å². The molecule has 0 aliphatic heterocycles. The molecule has 1 unspecified atom stereocenters. The molecule has 1 aliphatic carbocycles. The number of halogens is 1. The number of hydrogen-bond donors (Lipinski definition) is 0. The van der Waals surface area contributed by atoms with E-state index in [0.717, 1.165) is 18.4 Å². The molecule has 1 rings (SSSR count). The molecule has 0 aromatic heterocycles. The van der Waals surface area contributed by atoms with Gasteiger partial charge in [0.15, 0.2) is 0 Å². The highest BCUT2D eigenvalue weighted by atomic mass is 32.2. The van der Waals surface area contributed by atoms with E-state index in [2.05, 4.69) is 6.92 Å². The van der Waals surface area contributed by atoms with Crippen molar-refractivity contribution in [1.29, 1.82) is 0 Å². The van der Waals surface area contributed by atoms with Crippen LogP contribution in [0.3, 0.4) is 0 Å². The Morgan fingerprint density at radius 2 is 2.33 bits per heavy atom. The van der Waals surface area contributed by atoms with Crippen molar-refractivity contribution in [1.82, 2.24) is 0 Å².